The number of aromatic nitrogens is 5. The summed E-state index contributed by atoms with van der Waals surface area (Å²) in [6, 6.07) is 16.4. The number of H-pyrrole nitrogens is 2. The van der Waals surface area contributed by atoms with E-state index in [2.05, 4.69) is 64.0 Å². The van der Waals surface area contributed by atoms with E-state index in [1.165, 1.54) is 5.92 Å². The molecule has 0 amide bonds. The third-order valence-corrected chi connectivity index (χ3v) is 6.75. The second kappa shape index (κ2) is 8.95. The summed E-state index contributed by atoms with van der Waals surface area (Å²) in [5.74, 6) is 3.26. The lowest BCUT2D eigenvalue weighted by Gasteiger charge is -2.41. The Hall–Kier alpha value is -3.91. The van der Waals surface area contributed by atoms with Gasteiger partial charge in [0, 0.05) is 41.8 Å². The second-order valence-electron chi connectivity index (χ2n) is 9.74. The molecule has 0 bridgehead atoms. The summed E-state index contributed by atoms with van der Waals surface area (Å²) in [4.78, 5) is 15.0. The van der Waals surface area contributed by atoms with Crippen LogP contribution in [0.4, 0.5) is 5.69 Å². The summed E-state index contributed by atoms with van der Waals surface area (Å²) in [5.41, 5.74) is 5.79. The molecule has 8 heteroatoms. The molecule has 0 spiro atoms. The average molecular weight is 482 g/mol. The number of benzene rings is 2. The zero-order chi connectivity index (χ0) is 24.8. The highest BCUT2D eigenvalue weighted by Crippen LogP contribution is 2.32. The van der Waals surface area contributed by atoms with Gasteiger partial charge in [-0.1, -0.05) is 13.8 Å². The Morgan fingerprint density at radius 2 is 1.97 bits per heavy atom. The van der Waals surface area contributed by atoms with Gasteiger partial charge in [0.25, 0.3) is 0 Å². The SMILES string of the molecule is C[C](C)C1CN(c2ccc3nc(-c4n[nH]c5ccc(Oc6cc(C)ccn6)cc45)[nH]c3c2)C(C)CO1. The van der Waals surface area contributed by atoms with Crippen molar-refractivity contribution in [3.05, 3.63) is 66.2 Å². The van der Waals surface area contributed by atoms with Gasteiger partial charge in [0.2, 0.25) is 5.88 Å². The molecule has 2 aromatic carbocycles. The van der Waals surface area contributed by atoms with Crippen LogP contribution in [0.15, 0.2) is 54.7 Å². The van der Waals surface area contributed by atoms with Crippen LogP contribution in [0, 0.1) is 12.8 Å². The monoisotopic (exact) mass is 481 g/mol. The van der Waals surface area contributed by atoms with E-state index in [9.17, 15) is 0 Å². The zero-order valence-corrected chi connectivity index (χ0v) is 20.9. The Morgan fingerprint density at radius 1 is 1.08 bits per heavy atom. The summed E-state index contributed by atoms with van der Waals surface area (Å²) < 4.78 is 12.0. The van der Waals surface area contributed by atoms with Crippen molar-refractivity contribution < 1.29 is 9.47 Å². The number of imidazole rings is 1. The summed E-state index contributed by atoms with van der Waals surface area (Å²) >= 11 is 0. The van der Waals surface area contributed by atoms with Gasteiger partial charge in [-0.05, 0) is 61.9 Å². The highest BCUT2D eigenvalue weighted by molar-refractivity contribution is 5.94. The van der Waals surface area contributed by atoms with Gasteiger partial charge in [0.1, 0.15) is 11.4 Å². The van der Waals surface area contributed by atoms with Crippen molar-refractivity contribution in [1.29, 1.82) is 0 Å². The van der Waals surface area contributed by atoms with Gasteiger partial charge in [-0.15, -0.1) is 0 Å². The highest BCUT2D eigenvalue weighted by Gasteiger charge is 2.28. The molecule has 1 fully saturated rings. The van der Waals surface area contributed by atoms with E-state index in [4.69, 9.17) is 14.5 Å². The Balaban J connectivity index is 1.32. The van der Waals surface area contributed by atoms with Crippen LogP contribution in [-0.4, -0.2) is 50.4 Å². The van der Waals surface area contributed by atoms with E-state index >= 15 is 0 Å². The summed E-state index contributed by atoms with van der Waals surface area (Å²) in [5, 5.41) is 8.60. The molecule has 2 atom stereocenters. The van der Waals surface area contributed by atoms with Crippen LogP contribution in [0.3, 0.4) is 0 Å². The fourth-order valence-corrected chi connectivity index (χ4v) is 4.68. The van der Waals surface area contributed by atoms with Crippen molar-refractivity contribution in [2.24, 2.45) is 0 Å². The topological polar surface area (TPSA) is 92.0 Å². The third kappa shape index (κ3) is 4.18. The summed E-state index contributed by atoms with van der Waals surface area (Å²) in [6.07, 6.45) is 1.89. The molecule has 1 saturated heterocycles. The molecule has 1 radical (unpaired) electrons. The highest BCUT2D eigenvalue weighted by atomic mass is 16.5. The number of hydrogen-bond acceptors (Lipinski definition) is 6. The maximum atomic E-state index is 6.01. The minimum absolute atomic E-state index is 0.149. The number of nitrogens with one attached hydrogen (secondary N) is 2. The van der Waals surface area contributed by atoms with E-state index in [1.54, 1.807) is 6.20 Å². The van der Waals surface area contributed by atoms with Gasteiger partial charge in [-0.25, -0.2) is 9.97 Å². The number of aryl methyl sites for hydroxylation is 1. The fourth-order valence-electron chi connectivity index (χ4n) is 4.68. The first-order valence-corrected chi connectivity index (χ1v) is 12.2. The molecule has 3 aromatic heterocycles. The predicted octanol–water partition coefficient (Wildman–Crippen LogP) is 5.81. The fraction of sp³-hybridized carbons (Fsp3) is 0.286. The number of anilines is 1. The van der Waals surface area contributed by atoms with E-state index in [0.717, 1.165) is 45.4 Å². The predicted molar refractivity (Wildman–Crippen MR) is 141 cm³/mol. The Morgan fingerprint density at radius 3 is 2.81 bits per heavy atom. The maximum Gasteiger partial charge on any atom is 0.219 e. The number of nitrogens with zero attached hydrogens (tertiary/aromatic N) is 4. The molecule has 183 valence electrons. The van der Waals surface area contributed by atoms with Crippen molar-refractivity contribution in [3.8, 4) is 23.1 Å². The lowest BCUT2D eigenvalue weighted by molar-refractivity contribution is 0.0323. The average Bonchev–Trinajstić information content (AvgIpc) is 3.47. The van der Waals surface area contributed by atoms with Crippen LogP contribution in [0.5, 0.6) is 11.6 Å². The van der Waals surface area contributed by atoms with Crippen LogP contribution < -0.4 is 9.64 Å². The van der Waals surface area contributed by atoms with E-state index in [0.29, 0.717) is 30.1 Å². The molecule has 36 heavy (non-hydrogen) atoms. The summed E-state index contributed by atoms with van der Waals surface area (Å²) in [6.45, 7) is 10.0. The lowest BCUT2D eigenvalue weighted by Crippen LogP contribution is -2.49. The van der Waals surface area contributed by atoms with Crippen LogP contribution in [0.1, 0.15) is 26.3 Å². The van der Waals surface area contributed by atoms with Crippen LogP contribution in [0.2, 0.25) is 0 Å². The molecule has 5 aromatic rings. The number of morpholine rings is 1. The first-order valence-electron chi connectivity index (χ1n) is 12.2. The molecular weight excluding hydrogens is 452 g/mol. The number of hydrogen-bond donors (Lipinski definition) is 2. The number of pyridine rings is 1. The van der Waals surface area contributed by atoms with Crippen molar-refractivity contribution >= 4 is 27.6 Å². The van der Waals surface area contributed by atoms with Gasteiger partial charge in [-0.2, -0.15) is 5.10 Å². The minimum atomic E-state index is 0.149. The van der Waals surface area contributed by atoms with Crippen molar-refractivity contribution in [1.82, 2.24) is 25.1 Å². The van der Waals surface area contributed by atoms with Gasteiger partial charge in [0.05, 0.1) is 29.3 Å². The first-order chi connectivity index (χ1) is 17.4. The number of rotatable bonds is 5. The number of aromatic amines is 2. The van der Waals surface area contributed by atoms with Gasteiger partial charge >= 0.3 is 0 Å². The lowest BCUT2D eigenvalue weighted by atomic mass is 10.0. The van der Waals surface area contributed by atoms with Gasteiger partial charge in [-0.3, -0.25) is 5.10 Å². The second-order valence-corrected chi connectivity index (χ2v) is 9.74. The Labute approximate surface area is 209 Å². The third-order valence-electron chi connectivity index (χ3n) is 6.75. The van der Waals surface area contributed by atoms with Gasteiger partial charge in [0.15, 0.2) is 5.82 Å². The molecule has 2 N–H and O–H groups in total. The van der Waals surface area contributed by atoms with Crippen LogP contribution in [0.25, 0.3) is 33.5 Å². The molecule has 0 saturated carbocycles. The van der Waals surface area contributed by atoms with Gasteiger partial charge < -0.3 is 19.4 Å². The number of fused-ring (bicyclic) bond motifs is 2. The van der Waals surface area contributed by atoms with E-state index in [-0.39, 0.29) is 6.10 Å². The molecular formula is C28H29N6O2. The zero-order valence-electron chi connectivity index (χ0n) is 20.9. The molecule has 1 aliphatic rings. The molecule has 1 aliphatic heterocycles. The molecule has 0 aliphatic carbocycles. The smallest absolute Gasteiger partial charge is 0.219 e. The normalized spacial score (nSPS) is 18.4. The Bertz CT molecular complexity index is 1540. The van der Waals surface area contributed by atoms with Crippen molar-refractivity contribution in [3.63, 3.8) is 0 Å². The minimum Gasteiger partial charge on any atom is -0.439 e. The molecule has 8 nitrogen and oxygen atoms in total. The van der Waals surface area contributed by atoms with Crippen LogP contribution >= 0.6 is 0 Å². The first kappa shape index (κ1) is 22.5. The van der Waals surface area contributed by atoms with Crippen molar-refractivity contribution in [2.75, 3.05) is 18.1 Å². The number of ether oxygens (including phenoxy) is 2. The van der Waals surface area contributed by atoms with E-state index < -0.39 is 0 Å². The quantitative estimate of drug-likeness (QED) is 0.329. The van der Waals surface area contributed by atoms with Crippen LogP contribution in [-0.2, 0) is 4.74 Å². The van der Waals surface area contributed by atoms with Crippen molar-refractivity contribution in [2.45, 2.75) is 39.8 Å². The maximum absolute atomic E-state index is 6.01. The summed E-state index contributed by atoms with van der Waals surface area (Å²) in [7, 11) is 0. The largest absolute Gasteiger partial charge is 0.439 e. The Kier molecular flexibility index (Phi) is 5.60. The standard InChI is InChI=1S/C28H29N6O2/c1-16(2)25-14-34(18(4)15-35-25)19-5-7-23-24(12-19)31-28(30-23)27-21-13-20(6-8-22(21)32-33-27)36-26-11-17(3)9-10-29-26/h5-13,18,25H,14-15H2,1-4H3,(H,30,31)(H,32,33). The molecule has 4 heterocycles. The molecule has 6 rings (SSSR count). The molecule has 2 unspecified atom stereocenters. The van der Waals surface area contributed by atoms with E-state index in [1.807, 2.05) is 37.3 Å².